The second-order valence-electron chi connectivity index (χ2n) is 12.4. The first-order valence-electron chi connectivity index (χ1n) is 12.2. The Bertz CT molecular complexity index is 1260. The molecule has 4 rings (SSSR count). The molecule has 11 nitrogen and oxygen atoms in total. The lowest BCUT2D eigenvalue weighted by molar-refractivity contribution is -0.394. The maximum atomic E-state index is 14.1. The zero-order chi connectivity index (χ0) is 27.6. The third-order valence-corrected chi connectivity index (χ3v) is 7.82. The fourth-order valence-electron chi connectivity index (χ4n) is 7.34. The van der Waals surface area contributed by atoms with E-state index in [1.54, 1.807) is 0 Å². The highest BCUT2D eigenvalue weighted by Crippen LogP contribution is 2.65. The summed E-state index contributed by atoms with van der Waals surface area (Å²) in [5, 5.41) is 26.9. The van der Waals surface area contributed by atoms with Crippen molar-refractivity contribution in [2.75, 3.05) is 12.5 Å². The van der Waals surface area contributed by atoms with Crippen LogP contribution in [0.2, 0.25) is 0 Å². The Morgan fingerprint density at radius 2 is 1.57 bits per heavy atom. The van der Waals surface area contributed by atoms with Crippen molar-refractivity contribution in [1.82, 2.24) is 0 Å². The predicted octanol–water partition coefficient (Wildman–Crippen LogP) is 5.35. The third kappa shape index (κ3) is 4.51. The number of fused-ring (bicyclic) bond motifs is 3. The van der Waals surface area contributed by atoms with Crippen LogP contribution < -0.4 is 5.43 Å². The van der Waals surface area contributed by atoms with Crippen molar-refractivity contribution >= 4 is 34.5 Å². The summed E-state index contributed by atoms with van der Waals surface area (Å²) in [5.74, 6) is -0.780. The Morgan fingerprint density at radius 1 is 0.973 bits per heavy atom. The molecule has 3 aliphatic rings. The largest absolute Gasteiger partial charge is 0.468 e. The predicted molar refractivity (Wildman–Crippen MR) is 136 cm³/mol. The first-order valence-corrected chi connectivity index (χ1v) is 12.2. The normalized spacial score (nSPS) is 28.9. The maximum Gasteiger partial charge on any atom is 0.316 e. The van der Waals surface area contributed by atoms with Crippen molar-refractivity contribution in [3.05, 3.63) is 49.6 Å². The molecule has 2 bridgehead atoms. The molecule has 2 atom stereocenters. The number of hydrogen-bond donors (Lipinski definition) is 1. The summed E-state index contributed by atoms with van der Waals surface area (Å²) in [6.07, 6.45) is 3.14. The van der Waals surface area contributed by atoms with Gasteiger partial charge in [-0.15, -0.1) is 0 Å². The number of hydrazone groups is 1. The van der Waals surface area contributed by atoms with Crippen LogP contribution in [-0.2, 0) is 14.3 Å². The highest BCUT2D eigenvalue weighted by atomic mass is 16.6. The second kappa shape index (κ2) is 8.46. The van der Waals surface area contributed by atoms with Crippen LogP contribution in [0.5, 0.6) is 0 Å². The van der Waals surface area contributed by atoms with E-state index in [1.165, 1.54) is 7.11 Å². The van der Waals surface area contributed by atoms with Crippen LogP contribution in [0, 0.1) is 41.9 Å². The number of Topliss-reactive ketones (excluding diaryl/α,β-unsaturated/α-hetero) is 1. The first kappa shape index (κ1) is 26.4. The topological polar surface area (TPSA) is 154 Å². The Labute approximate surface area is 214 Å². The zero-order valence-electron chi connectivity index (χ0n) is 22.0. The summed E-state index contributed by atoms with van der Waals surface area (Å²) in [7, 11) is 1.34. The number of rotatable bonds is 5. The summed E-state index contributed by atoms with van der Waals surface area (Å²) in [6, 6.07) is 3.09. The minimum atomic E-state index is -1.09. The zero-order valence-corrected chi connectivity index (χ0v) is 22.0. The number of anilines is 1. The highest BCUT2D eigenvalue weighted by Gasteiger charge is 2.62. The van der Waals surface area contributed by atoms with Gasteiger partial charge in [-0.1, -0.05) is 40.2 Å². The number of nitrogens with zero attached hydrogens (tertiary/aromatic N) is 3. The Hall–Kier alpha value is -3.63. The van der Waals surface area contributed by atoms with Gasteiger partial charge in [0.2, 0.25) is 5.78 Å². The molecule has 1 fully saturated rings. The lowest BCUT2D eigenvalue weighted by Gasteiger charge is -2.57. The maximum absolute atomic E-state index is 14.1. The van der Waals surface area contributed by atoms with Crippen LogP contribution in [0.15, 0.2) is 34.4 Å². The number of non-ortho nitro benzene ring substituents is 2. The molecule has 0 spiro atoms. The molecule has 1 aromatic carbocycles. The number of nitrogens with one attached hydrogen (secondary N) is 1. The molecule has 1 saturated carbocycles. The van der Waals surface area contributed by atoms with Crippen molar-refractivity contribution in [2.24, 2.45) is 26.8 Å². The molecule has 198 valence electrons. The molecule has 0 aromatic heterocycles. The van der Waals surface area contributed by atoms with E-state index in [-0.39, 0.29) is 28.0 Å². The van der Waals surface area contributed by atoms with E-state index in [2.05, 4.69) is 31.3 Å². The monoisotopic (exact) mass is 512 g/mol. The van der Waals surface area contributed by atoms with Gasteiger partial charge in [-0.3, -0.25) is 35.2 Å². The van der Waals surface area contributed by atoms with Crippen LogP contribution in [0.3, 0.4) is 0 Å². The molecular formula is C26H32N4O7. The van der Waals surface area contributed by atoms with Gasteiger partial charge in [0, 0.05) is 23.1 Å². The van der Waals surface area contributed by atoms with Gasteiger partial charge in [-0.25, -0.2) is 0 Å². The number of nitro groups is 2. The van der Waals surface area contributed by atoms with Gasteiger partial charge >= 0.3 is 5.97 Å². The molecule has 0 aliphatic heterocycles. The van der Waals surface area contributed by atoms with Crippen molar-refractivity contribution < 1.29 is 24.2 Å². The first-order chi connectivity index (χ1) is 17.0. The summed E-state index contributed by atoms with van der Waals surface area (Å²) in [4.78, 5) is 48.6. The van der Waals surface area contributed by atoms with Gasteiger partial charge in [0.1, 0.15) is 5.71 Å². The van der Waals surface area contributed by atoms with Crippen LogP contribution in [0.25, 0.3) is 0 Å². The summed E-state index contributed by atoms with van der Waals surface area (Å²) < 4.78 is 5.28. The molecule has 0 heterocycles. The number of ether oxygens (including phenoxy) is 1. The third-order valence-electron chi connectivity index (χ3n) is 7.82. The number of esters is 1. The van der Waals surface area contributed by atoms with E-state index in [0.717, 1.165) is 30.2 Å². The fraction of sp³-hybridized carbons (Fsp3) is 0.577. The van der Waals surface area contributed by atoms with Gasteiger partial charge in [0.25, 0.3) is 11.4 Å². The standard InChI is InChI=1S/C26H32N4O7/c1-23(2)12-25(5)11-15-10-24(3,4)21(20(31)19(15)26(13-23,14-25)22(32)37-6)28-27-16-7-17(29(33)34)9-18(8-16)30(35)36/h7-9,27H,10-14H2,1-6H3. The number of carbonyl (C=O) groups excluding carboxylic acids is 2. The average molecular weight is 513 g/mol. The van der Waals surface area contributed by atoms with Crippen LogP contribution in [0.4, 0.5) is 17.1 Å². The van der Waals surface area contributed by atoms with Crippen molar-refractivity contribution in [3.8, 4) is 0 Å². The van der Waals surface area contributed by atoms with Gasteiger partial charge < -0.3 is 4.74 Å². The summed E-state index contributed by atoms with van der Waals surface area (Å²) in [5.41, 5.74) is 1.14. The van der Waals surface area contributed by atoms with Crippen molar-refractivity contribution in [1.29, 1.82) is 0 Å². The number of methoxy groups -OCH3 is 1. The molecule has 2 unspecified atom stereocenters. The quantitative estimate of drug-likeness (QED) is 0.315. The molecule has 0 saturated heterocycles. The summed E-state index contributed by atoms with van der Waals surface area (Å²) in [6.45, 7) is 10.2. The minimum Gasteiger partial charge on any atom is -0.468 e. The van der Waals surface area contributed by atoms with Gasteiger partial charge in [-0.2, -0.15) is 5.10 Å². The Kier molecular flexibility index (Phi) is 6.04. The molecule has 3 aliphatic carbocycles. The molecule has 0 radical (unpaired) electrons. The Balaban J connectivity index is 1.82. The smallest absolute Gasteiger partial charge is 0.316 e. The molecule has 11 heteroatoms. The van der Waals surface area contributed by atoms with Crippen molar-refractivity contribution in [2.45, 2.75) is 66.7 Å². The average Bonchev–Trinajstić information content (AvgIpc) is 2.75. The number of nitro benzene ring substituents is 2. The van der Waals surface area contributed by atoms with E-state index in [1.807, 2.05) is 13.8 Å². The lowest BCUT2D eigenvalue weighted by Crippen LogP contribution is -2.56. The Morgan fingerprint density at radius 3 is 2.11 bits per heavy atom. The fourth-order valence-corrected chi connectivity index (χ4v) is 7.34. The SMILES string of the molecule is COC(=O)C12CC(C)(C)CC(C)(CC3=C1C(=O)C(=NNc1cc([N+](=O)[O-])cc([N+](=O)[O-])c1)C(C)(C)C3)C2. The number of allylic oxidation sites excluding steroid dienone is 1. The number of ketones is 1. The van der Waals surface area contributed by atoms with Crippen LogP contribution >= 0.6 is 0 Å². The van der Waals surface area contributed by atoms with Gasteiger partial charge in [-0.05, 0) is 42.9 Å². The molecule has 1 aromatic rings. The minimum absolute atomic E-state index is 0.00877. The highest BCUT2D eigenvalue weighted by molar-refractivity contribution is 6.49. The lowest BCUT2D eigenvalue weighted by atomic mass is 9.45. The number of carbonyl (C=O) groups is 2. The molecule has 1 N–H and O–H groups in total. The van der Waals surface area contributed by atoms with Gasteiger partial charge in [0.05, 0.1) is 34.1 Å². The number of benzene rings is 1. The molecule has 0 amide bonds. The van der Waals surface area contributed by atoms with E-state index in [4.69, 9.17) is 4.74 Å². The van der Waals surface area contributed by atoms with E-state index >= 15 is 0 Å². The van der Waals surface area contributed by atoms with Crippen LogP contribution in [-0.4, -0.2) is 34.4 Å². The molecule has 37 heavy (non-hydrogen) atoms. The van der Waals surface area contributed by atoms with Crippen molar-refractivity contribution in [3.63, 3.8) is 0 Å². The van der Waals surface area contributed by atoms with E-state index in [0.29, 0.717) is 31.3 Å². The second-order valence-corrected chi connectivity index (χ2v) is 12.4. The van der Waals surface area contributed by atoms with E-state index in [9.17, 15) is 29.8 Å². The van der Waals surface area contributed by atoms with Crippen LogP contribution in [0.1, 0.15) is 66.7 Å². The van der Waals surface area contributed by atoms with Gasteiger partial charge in [0.15, 0.2) is 0 Å². The summed E-state index contributed by atoms with van der Waals surface area (Å²) >= 11 is 0. The molecular weight excluding hydrogens is 480 g/mol. The van der Waals surface area contributed by atoms with E-state index < -0.39 is 38.0 Å². The number of hydrogen-bond acceptors (Lipinski definition) is 9.